The maximum absolute atomic E-state index is 12.1. The highest BCUT2D eigenvalue weighted by Crippen LogP contribution is 2.29. The van der Waals surface area contributed by atoms with Crippen molar-refractivity contribution in [2.75, 3.05) is 26.3 Å². The molecule has 0 unspecified atom stereocenters. The van der Waals surface area contributed by atoms with Crippen molar-refractivity contribution in [1.29, 1.82) is 0 Å². The van der Waals surface area contributed by atoms with Crippen LogP contribution in [0.2, 0.25) is 0 Å². The minimum Gasteiger partial charge on any atom is -0.465 e. The van der Waals surface area contributed by atoms with Gasteiger partial charge in [0.25, 0.3) is 0 Å². The second-order valence-corrected chi connectivity index (χ2v) is 7.56. The first-order chi connectivity index (χ1) is 15.1. The van der Waals surface area contributed by atoms with Gasteiger partial charge in [0.2, 0.25) is 0 Å². The van der Waals surface area contributed by atoms with E-state index in [-0.39, 0.29) is 18.3 Å². The molecule has 5 nitrogen and oxygen atoms in total. The lowest BCUT2D eigenvalue weighted by molar-refractivity contribution is -0.144. The number of carbonyl (C=O) groups excluding carboxylic acids is 2. The molecule has 1 aliphatic rings. The molecule has 0 bridgehead atoms. The van der Waals surface area contributed by atoms with Gasteiger partial charge in [-0.3, -0.25) is 14.5 Å². The zero-order valence-corrected chi connectivity index (χ0v) is 17.9. The molecule has 0 atom stereocenters. The van der Waals surface area contributed by atoms with Crippen LogP contribution >= 0.6 is 0 Å². The summed E-state index contributed by atoms with van der Waals surface area (Å²) in [7, 11) is 0. The lowest BCUT2D eigenvalue weighted by Crippen LogP contribution is -2.31. The number of carbonyl (C=O) groups is 2. The number of ether oxygens (including phenoxy) is 1. The average Bonchev–Trinajstić information content (AvgIpc) is 3.20. The van der Waals surface area contributed by atoms with Gasteiger partial charge in [0.15, 0.2) is 5.78 Å². The van der Waals surface area contributed by atoms with Crippen LogP contribution in [0.15, 0.2) is 60.7 Å². The molecule has 1 aliphatic carbocycles. The molecule has 2 aromatic rings. The summed E-state index contributed by atoms with van der Waals surface area (Å²) in [6.07, 6.45) is 7.18. The first-order valence-electron chi connectivity index (χ1n) is 10.6. The topological polar surface area (TPSA) is 66.8 Å². The number of esters is 1. The summed E-state index contributed by atoms with van der Waals surface area (Å²) in [5.74, 6) is -0.544. The summed E-state index contributed by atoms with van der Waals surface area (Å²) in [5, 5.41) is 8.80. The Morgan fingerprint density at radius 2 is 1.90 bits per heavy atom. The third kappa shape index (κ3) is 6.74. The third-order valence-electron chi connectivity index (χ3n) is 5.29. The average molecular weight is 420 g/mol. The number of hydrogen-bond donors (Lipinski definition) is 1. The molecule has 5 heteroatoms. The third-order valence-corrected chi connectivity index (χ3v) is 5.29. The fraction of sp³-hybridized carbons (Fsp3) is 0.308. The fourth-order valence-electron chi connectivity index (χ4n) is 3.71. The number of aliphatic hydroxyl groups is 1. The van der Waals surface area contributed by atoms with Gasteiger partial charge in [0.05, 0.1) is 13.2 Å². The van der Waals surface area contributed by atoms with Crippen molar-refractivity contribution in [3.8, 4) is 0 Å². The van der Waals surface area contributed by atoms with Crippen LogP contribution in [0.4, 0.5) is 0 Å². The minimum absolute atomic E-state index is 0.217. The molecule has 3 rings (SSSR count). The molecule has 0 fully saturated rings. The number of aliphatic hydroxyl groups excluding tert-OH is 1. The highest BCUT2D eigenvalue weighted by atomic mass is 16.5. The molecule has 0 radical (unpaired) electrons. The van der Waals surface area contributed by atoms with Gasteiger partial charge in [-0.15, -0.1) is 0 Å². The highest BCUT2D eigenvalue weighted by Gasteiger charge is 2.17. The summed E-state index contributed by atoms with van der Waals surface area (Å²) >= 11 is 0. The Morgan fingerprint density at radius 3 is 2.65 bits per heavy atom. The van der Waals surface area contributed by atoms with Crippen molar-refractivity contribution in [3.63, 3.8) is 0 Å². The first-order valence-corrected chi connectivity index (χ1v) is 10.6. The highest BCUT2D eigenvalue weighted by molar-refractivity contribution is 5.94. The number of fused-ring (bicyclic) bond motifs is 1. The molecule has 0 amide bonds. The van der Waals surface area contributed by atoms with E-state index in [1.165, 1.54) is 22.8 Å². The molecule has 0 aliphatic heterocycles. The zero-order valence-electron chi connectivity index (χ0n) is 17.9. The number of rotatable bonds is 11. The van der Waals surface area contributed by atoms with E-state index in [1.807, 2.05) is 31.2 Å². The van der Waals surface area contributed by atoms with E-state index in [9.17, 15) is 9.59 Å². The Bertz CT molecular complexity index is 960. The van der Waals surface area contributed by atoms with Crippen molar-refractivity contribution in [1.82, 2.24) is 4.90 Å². The van der Waals surface area contributed by atoms with Crippen LogP contribution in [0.25, 0.3) is 11.6 Å². The van der Waals surface area contributed by atoms with Crippen LogP contribution in [-0.4, -0.2) is 48.1 Å². The molecular formula is C26H29NO4. The molecule has 162 valence electrons. The van der Waals surface area contributed by atoms with Gasteiger partial charge >= 0.3 is 5.97 Å². The van der Waals surface area contributed by atoms with Crippen LogP contribution in [-0.2, 0) is 27.3 Å². The quantitative estimate of drug-likeness (QED) is 0.445. The Labute approximate surface area is 183 Å². The Balaban J connectivity index is 1.64. The van der Waals surface area contributed by atoms with Gasteiger partial charge in [-0.1, -0.05) is 60.7 Å². The van der Waals surface area contributed by atoms with Crippen molar-refractivity contribution in [2.45, 2.75) is 26.3 Å². The van der Waals surface area contributed by atoms with Crippen molar-refractivity contribution in [3.05, 3.63) is 82.9 Å². The van der Waals surface area contributed by atoms with E-state index >= 15 is 0 Å². The molecule has 0 aromatic heterocycles. The standard InChI is InChI=1S/C26H29NO4/c1-2-31-26(30)18-27(16-15-23-13-12-22-5-3-4-6-25(22)23)17-21-9-7-20(8-10-21)11-14-24(29)19-28/h3-11,13-14,28H,2,12,15-19H2,1H3/b14-11+. The summed E-state index contributed by atoms with van der Waals surface area (Å²) in [6.45, 7) is 3.34. The van der Waals surface area contributed by atoms with Gasteiger partial charge in [-0.25, -0.2) is 0 Å². The minimum atomic E-state index is -0.488. The van der Waals surface area contributed by atoms with Crippen LogP contribution in [0.5, 0.6) is 0 Å². The Morgan fingerprint density at radius 1 is 1.13 bits per heavy atom. The van der Waals surface area contributed by atoms with Gasteiger partial charge in [-0.2, -0.15) is 0 Å². The number of allylic oxidation sites excluding steroid dienone is 1. The lowest BCUT2D eigenvalue weighted by Gasteiger charge is -2.22. The summed E-state index contributed by atoms with van der Waals surface area (Å²) in [6, 6.07) is 16.3. The van der Waals surface area contributed by atoms with Crippen molar-refractivity contribution in [2.24, 2.45) is 0 Å². The normalized spacial score (nSPS) is 12.8. The van der Waals surface area contributed by atoms with Crippen LogP contribution in [0, 0.1) is 0 Å². The number of nitrogens with zero attached hydrogens (tertiary/aromatic N) is 1. The second-order valence-electron chi connectivity index (χ2n) is 7.56. The largest absolute Gasteiger partial charge is 0.465 e. The van der Waals surface area contributed by atoms with Crippen LogP contribution in [0.3, 0.4) is 0 Å². The summed E-state index contributed by atoms with van der Waals surface area (Å²) in [5.41, 5.74) is 5.97. The number of ketones is 1. The molecule has 1 N–H and O–H groups in total. The fourth-order valence-corrected chi connectivity index (χ4v) is 3.71. The predicted molar refractivity (Wildman–Crippen MR) is 122 cm³/mol. The maximum atomic E-state index is 12.1. The van der Waals surface area contributed by atoms with E-state index in [2.05, 4.69) is 35.2 Å². The predicted octanol–water partition coefficient (Wildman–Crippen LogP) is 3.66. The van der Waals surface area contributed by atoms with Crippen molar-refractivity contribution < 1.29 is 19.4 Å². The molecule has 0 heterocycles. The molecule has 0 saturated heterocycles. The molecule has 0 spiro atoms. The second kappa shape index (κ2) is 11.4. The van der Waals surface area contributed by atoms with E-state index in [0.29, 0.717) is 13.2 Å². The first kappa shape index (κ1) is 22.7. The van der Waals surface area contributed by atoms with E-state index in [0.717, 1.165) is 30.5 Å². The van der Waals surface area contributed by atoms with Gasteiger partial charge in [0, 0.05) is 13.1 Å². The lowest BCUT2D eigenvalue weighted by atomic mass is 10.0. The van der Waals surface area contributed by atoms with Gasteiger partial charge in [0.1, 0.15) is 6.61 Å². The van der Waals surface area contributed by atoms with Gasteiger partial charge < -0.3 is 9.84 Å². The molecule has 0 saturated carbocycles. The van der Waals surface area contributed by atoms with E-state index in [4.69, 9.17) is 9.84 Å². The smallest absolute Gasteiger partial charge is 0.320 e. The molecular weight excluding hydrogens is 390 g/mol. The Hall–Kier alpha value is -3.02. The zero-order chi connectivity index (χ0) is 22.1. The van der Waals surface area contributed by atoms with Gasteiger partial charge in [-0.05, 0) is 53.7 Å². The van der Waals surface area contributed by atoms with E-state index < -0.39 is 6.61 Å². The van der Waals surface area contributed by atoms with E-state index in [1.54, 1.807) is 6.08 Å². The number of benzene rings is 2. The monoisotopic (exact) mass is 419 g/mol. The molecule has 31 heavy (non-hydrogen) atoms. The summed E-state index contributed by atoms with van der Waals surface area (Å²) < 4.78 is 5.17. The summed E-state index contributed by atoms with van der Waals surface area (Å²) in [4.78, 5) is 25.5. The SMILES string of the molecule is CCOC(=O)CN(CCC1=CCc2ccccc21)Cc1ccc(/C=C/C(=O)CO)cc1. The maximum Gasteiger partial charge on any atom is 0.320 e. The number of hydrogen-bond acceptors (Lipinski definition) is 5. The van der Waals surface area contributed by atoms with Crippen LogP contribution in [0.1, 0.15) is 35.6 Å². The Kier molecular flexibility index (Phi) is 8.33. The molecule has 2 aromatic carbocycles. The van der Waals surface area contributed by atoms with Crippen LogP contribution < -0.4 is 0 Å². The van der Waals surface area contributed by atoms with Crippen molar-refractivity contribution >= 4 is 23.4 Å².